The molecule has 0 saturated heterocycles. The van der Waals surface area contributed by atoms with E-state index >= 15 is 0 Å². The fraction of sp³-hybridized carbons (Fsp3) is 0.235. The molecule has 2 aromatic carbocycles. The molecule has 26 heavy (non-hydrogen) atoms. The van der Waals surface area contributed by atoms with Crippen molar-refractivity contribution in [3.05, 3.63) is 64.2 Å². The maximum absolute atomic E-state index is 13.2. The molecule has 0 aliphatic carbocycles. The van der Waals surface area contributed by atoms with Crippen molar-refractivity contribution < 1.29 is 23.2 Å². The molecule has 0 spiro atoms. The lowest BCUT2D eigenvalue weighted by Gasteiger charge is -2.25. The Kier molecular flexibility index (Phi) is 5.93. The highest BCUT2D eigenvalue weighted by Crippen LogP contribution is 2.31. The number of sulfonamides is 1. The van der Waals surface area contributed by atoms with Crippen LogP contribution in [0.1, 0.15) is 18.4 Å². The number of nitrogens with zero attached hydrogens (tertiary/aromatic N) is 2. The molecule has 0 aliphatic rings. The van der Waals surface area contributed by atoms with Gasteiger partial charge in [-0.15, -0.1) is 0 Å². The topological polar surface area (TPSA) is 118 Å². The molecule has 1 N–H and O–H groups in total. The number of benzene rings is 2. The lowest BCUT2D eigenvalue weighted by Crippen LogP contribution is -2.33. The molecule has 0 aromatic heterocycles. The highest BCUT2D eigenvalue weighted by atomic mass is 32.2. The number of carboxylic acids is 1. The molecule has 9 heteroatoms. The Hall–Kier alpha value is -2.94. The van der Waals surface area contributed by atoms with E-state index in [-0.39, 0.29) is 19.4 Å². The van der Waals surface area contributed by atoms with E-state index in [1.54, 1.807) is 31.2 Å². The van der Waals surface area contributed by atoms with E-state index in [1.807, 2.05) is 0 Å². The molecule has 138 valence electrons. The molecule has 0 amide bonds. The summed E-state index contributed by atoms with van der Waals surface area (Å²) in [6, 6.07) is 11.8. The molecule has 8 nitrogen and oxygen atoms in total. The number of carboxylic acid groups (broad SMARTS) is 1. The quantitative estimate of drug-likeness (QED) is 0.557. The summed E-state index contributed by atoms with van der Waals surface area (Å²) in [5, 5.41) is 20.1. The number of nitro groups is 1. The van der Waals surface area contributed by atoms with E-state index < -0.39 is 31.5 Å². The minimum atomic E-state index is -4.25. The van der Waals surface area contributed by atoms with Gasteiger partial charge < -0.3 is 5.11 Å². The van der Waals surface area contributed by atoms with Crippen molar-refractivity contribution in [1.82, 2.24) is 0 Å². The van der Waals surface area contributed by atoms with Gasteiger partial charge in [0, 0.05) is 19.0 Å². The second-order valence-corrected chi connectivity index (χ2v) is 7.42. The maximum atomic E-state index is 13.2. The molecule has 2 rings (SSSR count). The molecule has 2 aromatic rings. The summed E-state index contributed by atoms with van der Waals surface area (Å²) in [5.74, 6) is -1.04. The van der Waals surface area contributed by atoms with Crippen LogP contribution in [0, 0.1) is 17.0 Å². The van der Waals surface area contributed by atoms with Crippen LogP contribution in [0.25, 0.3) is 0 Å². The van der Waals surface area contributed by atoms with Gasteiger partial charge in [0.15, 0.2) is 4.90 Å². The number of carbonyl (C=O) groups is 1. The van der Waals surface area contributed by atoms with Crippen LogP contribution in [0.15, 0.2) is 53.4 Å². The Labute approximate surface area is 150 Å². The van der Waals surface area contributed by atoms with Crippen molar-refractivity contribution in [2.24, 2.45) is 0 Å². The van der Waals surface area contributed by atoms with Crippen molar-refractivity contribution in [3.63, 3.8) is 0 Å². The molecule has 0 heterocycles. The van der Waals surface area contributed by atoms with Gasteiger partial charge in [0.05, 0.1) is 10.6 Å². The van der Waals surface area contributed by atoms with Crippen LogP contribution in [0.3, 0.4) is 0 Å². The Morgan fingerprint density at radius 3 is 2.38 bits per heavy atom. The predicted molar refractivity (Wildman–Crippen MR) is 95.7 cm³/mol. The van der Waals surface area contributed by atoms with Gasteiger partial charge in [-0.2, -0.15) is 0 Å². The third-order valence-electron chi connectivity index (χ3n) is 3.77. The average Bonchev–Trinajstić information content (AvgIpc) is 2.59. The number of aryl methyl sites for hydroxylation is 1. The number of para-hydroxylation sites is 2. The van der Waals surface area contributed by atoms with E-state index in [4.69, 9.17) is 5.11 Å². The van der Waals surface area contributed by atoms with E-state index in [9.17, 15) is 23.3 Å². The first kappa shape index (κ1) is 19.4. The van der Waals surface area contributed by atoms with Crippen molar-refractivity contribution in [2.75, 3.05) is 10.8 Å². The van der Waals surface area contributed by atoms with Gasteiger partial charge in [-0.25, -0.2) is 8.42 Å². The predicted octanol–water partition coefficient (Wildman–Crippen LogP) is 2.96. The first-order chi connectivity index (χ1) is 12.2. The summed E-state index contributed by atoms with van der Waals surface area (Å²) < 4.78 is 27.4. The molecule has 0 aliphatic heterocycles. The van der Waals surface area contributed by atoms with Crippen LogP contribution in [0.5, 0.6) is 0 Å². The molecule has 0 atom stereocenters. The summed E-state index contributed by atoms with van der Waals surface area (Å²) in [4.78, 5) is 20.9. The number of rotatable bonds is 8. The van der Waals surface area contributed by atoms with E-state index in [1.165, 1.54) is 18.2 Å². The van der Waals surface area contributed by atoms with Crippen LogP contribution >= 0.6 is 0 Å². The Morgan fingerprint density at radius 1 is 1.15 bits per heavy atom. The van der Waals surface area contributed by atoms with Gasteiger partial charge >= 0.3 is 5.97 Å². The fourth-order valence-electron chi connectivity index (χ4n) is 2.53. The molecule has 0 saturated carbocycles. The molecule has 0 radical (unpaired) electrons. The largest absolute Gasteiger partial charge is 0.481 e. The minimum absolute atomic E-state index is 0.0729. The molecule has 0 fully saturated rings. The molecule has 0 unspecified atom stereocenters. The monoisotopic (exact) mass is 378 g/mol. The fourth-order valence-corrected chi connectivity index (χ4v) is 4.26. The standard InChI is InChI=1S/C17H18N2O6S/c1-13-7-2-3-8-14(13)18(12-6-11-17(20)21)26(24,25)16-10-5-4-9-15(16)19(22)23/h2-5,7-10H,6,11-12H2,1H3,(H,20,21). The maximum Gasteiger partial charge on any atom is 0.303 e. The van der Waals surface area contributed by atoms with Gasteiger partial charge in [0.2, 0.25) is 0 Å². The molecule has 0 bridgehead atoms. The van der Waals surface area contributed by atoms with E-state index in [0.29, 0.717) is 11.3 Å². The number of hydrogen-bond donors (Lipinski definition) is 1. The first-order valence-electron chi connectivity index (χ1n) is 7.78. The van der Waals surface area contributed by atoms with Crippen LogP contribution in [-0.2, 0) is 14.8 Å². The summed E-state index contributed by atoms with van der Waals surface area (Å²) in [6.07, 6.45) is -0.141. The van der Waals surface area contributed by atoms with E-state index in [2.05, 4.69) is 0 Å². The third kappa shape index (κ3) is 4.17. The van der Waals surface area contributed by atoms with Gasteiger partial charge in [-0.05, 0) is 31.0 Å². The second kappa shape index (κ2) is 7.96. The van der Waals surface area contributed by atoms with Gasteiger partial charge in [-0.3, -0.25) is 19.2 Å². The molecular weight excluding hydrogens is 360 g/mol. The SMILES string of the molecule is Cc1ccccc1N(CCCC(=O)O)S(=O)(=O)c1ccccc1[N+](=O)[O-]. The number of anilines is 1. The number of aliphatic carboxylic acids is 1. The Morgan fingerprint density at radius 2 is 1.77 bits per heavy atom. The third-order valence-corrected chi connectivity index (χ3v) is 5.63. The lowest BCUT2D eigenvalue weighted by atomic mass is 10.2. The second-order valence-electron chi connectivity index (χ2n) is 5.59. The van der Waals surface area contributed by atoms with Crippen molar-refractivity contribution in [2.45, 2.75) is 24.7 Å². The van der Waals surface area contributed by atoms with Gasteiger partial charge in [-0.1, -0.05) is 30.3 Å². The smallest absolute Gasteiger partial charge is 0.303 e. The van der Waals surface area contributed by atoms with Gasteiger partial charge in [0.1, 0.15) is 0 Å². The van der Waals surface area contributed by atoms with E-state index in [0.717, 1.165) is 10.4 Å². The lowest BCUT2D eigenvalue weighted by molar-refractivity contribution is -0.387. The average molecular weight is 378 g/mol. The minimum Gasteiger partial charge on any atom is -0.481 e. The Balaban J connectivity index is 2.55. The molecular formula is C17H18N2O6S. The summed E-state index contributed by atoms with van der Waals surface area (Å²) in [6.45, 7) is 1.61. The van der Waals surface area contributed by atoms with Gasteiger partial charge in [0.25, 0.3) is 15.7 Å². The Bertz CT molecular complexity index is 926. The van der Waals surface area contributed by atoms with Crippen LogP contribution in [-0.4, -0.2) is 31.0 Å². The first-order valence-corrected chi connectivity index (χ1v) is 9.22. The summed E-state index contributed by atoms with van der Waals surface area (Å²) in [7, 11) is -4.25. The number of nitro benzene ring substituents is 1. The van der Waals surface area contributed by atoms with Crippen LogP contribution in [0.4, 0.5) is 11.4 Å². The zero-order chi connectivity index (χ0) is 19.3. The van der Waals surface area contributed by atoms with Crippen molar-refractivity contribution >= 4 is 27.4 Å². The van der Waals surface area contributed by atoms with Crippen molar-refractivity contribution in [3.8, 4) is 0 Å². The zero-order valence-corrected chi connectivity index (χ0v) is 14.8. The highest BCUT2D eigenvalue weighted by molar-refractivity contribution is 7.93. The van der Waals surface area contributed by atoms with Crippen molar-refractivity contribution in [1.29, 1.82) is 0 Å². The van der Waals surface area contributed by atoms with Crippen LogP contribution < -0.4 is 4.31 Å². The van der Waals surface area contributed by atoms with Crippen LogP contribution in [0.2, 0.25) is 0 Å². The zero-order valence-electron chi connectivity index (χ0n) is 14.0. The normalized spacial score (nSPS) is 11.1. The summed E-state index contributed by atoms with van der Waals surface area (Å²) >= 11 is 0. The summed E-state index contributed by atoms with van der Waals surface area (Å²) in [5.41, 5.74) is 0.491. The number of hydrogen-bond acceptors (Lipinski definition) is 5. The highest BCUT2D eigenvalue weighted by Gasteiger charge is 2.32.